The number of benzene rings is 2. The molecule has 5 rings (SSSR count). The Morgan fingerprint density at radius 2 is 1.89 bits per heavy atom. The van der Waals surface area contributed by atoms with Crippen molar-refractivity contribution < 1.29 is 9.26 Å². The van der Waals surface area contributed by atoms with Crippen LogP contribution in [0, 0.1) is 23.2 Å². The molecular weight excluding hydrogens is 436 g/mol. The van der Waals surface area contributed by atoms with Crippen LogP contribution in [-0.4, -0.2) is 48.7 Å². The van der Waals surface area contributed by atoms with Crippen molar-refractivity contribution in [1.82, 2.24) is 15.0 Å². The van der Waals surface area contributed by atoms with Gasteiger partial charge in [-0.15, -0.1) is 0 Å². The molecule has 0 unspecified atom stereocenters. The number of fused-ring (bicyclic) bond motifs is 1. The minimum absolute atomic E-state index is 0.701. The lowest BCUT2D eigenvalue weighted by Crippen LogP contribution is -2.33. The van der Waals surface area contributed by atoms with Gasteiger partial charge in [-0.25, -0.2) is 0 Å². The third-order valence-corrected chi connectivity index (χ3v) is 7.45. The summed E-state index contributed by atoms with van der Waals surface area (Å²) in [6.07, 6.45) is 7.02. The number of nitriles is 1. The Morgan fingerprint density at radius 3 is 2.63 bits per heavy atom. The molecule has 6 nitrogen and oxygen atoms in total. The first-order valence-electron chi connectivity index (χ1n) is 13.0. The molecule has 2 aromatic carbocycles. The van der Waals surface area contributed by atoms with E-state index in [2.05, 4.69) is 53.3 Å². The van der Waals surface area contributed by atoms with Gasteiger partial charge in [0.25, 0.3) is 0 Å². The Labute approximate surface area is 208 Å². The number of hydrogen-bond acceptors (Lipinski definition) is 6. The summed E-state index contributed by atoms with van der Waals surface area (Å²) in [5.41, 5.74) is 4.99. The third-order valence-electron chi connectivity index (χ3n) is 7.45. The highest BCUT2D eigenvalue weighted by Gasteiger charge is 2.25. The molecule has 2 aliphatic rings. The van der Waals surface area contributed by atoms with Crippen molar-refractivity contribution in [2.75, 3.05) is 33.8 Å². The first-order valence-corrected chi connectivity index (χ1v) is 13.0. The van der Waals surface area contributed by atoms with Gasteiger partial charge in [0.05, 0.1) is 29.5 Å². The molecule has 2 heterocycles. The van der Waals surface area contributed by atoms with E-state index >= 15 is 0 Å². The molecule has 0 amide bonds. The zero-order valence-electron chi connectivity index (χ0n) is 21.0. The predicted octanol–water partition coefficient (Wildman–Crippen LogP) is 5.39. The first kappa shape index (κ1) is 23.8. The number of aryl methyl sites for hydroxylation is 1. The van der Waals surface area contributed by atoms with Crippen LogP contribution in [-0.2, 0) is 19.5 Å². The molecule has 184 valence electrons. The standard InChI is InChI=1S/C29H36N4O2/c1-32(2)19-26-28(34-20-22-7-8-22)12-10-25-27(31-35-29(25)26)11-9-21-13-15-33(16-14-21)18-24-6-4-3-5-23(24)17-30/h3-6,10,12,21-22H,7-9,11,13-16,18-20H2,1-2H3. The van der Waals surface area contributed by atoms with E-state index in [0.717, 1.165) is 90.6 Å². The largest absolute Gasteiger partial charge is 0.493 e. The van der Waals surface area contributed by atoms with Crippen molar-refractivity contribution in [3.8, 4) is 11.8 Å². The lowest BCUT2D eigenvalue weighted by Gasteiger charge is -2.32. The van der Waals surface area contributed by atoms with Gasteiger partial charge in [-0.05, 0) is 101 Å². The smallest absolute Gasteiger partial charge is 0.175 e. The molecule has 1 saturated heterocycles. The maximum absolute atomic E-state index is 9.36. The van der Waals surface area contributed by atoms with Crippen molar-refractivity contribution in [2.24, 2.45) is 11.8 Å². The average molecular weight is 473 g/mol. The first-order chi connectivity index (χ1) is 17.1. The number of ether oxygens (including phenoxy) is 1. The molecule has 0 N–H and O–H groups in total. The maximum Gasteiger partial charge on any atom is 0.175 e. The lowest BCUT2D eigenvalue weighted by molar-refractivity contribution is 0.172. The van der Waals surface area contributed by atoms with E-state index in [1.165, 1.54) is 25.7 Å². The van der Waals surface area contributed by atoms with Crippen LogP contribution in [0.25, 0.3) is 11.0 Å². The second kappa shape index (κ2) is 10.8. The molecule has 3 aromatic rings. The fourth-order valence-corrected chi connectivity index (χ4v) is 5.15. The van der Waals surface area contributed by atoms with Gasteiger partial charge in [0.2, 0.25) is 0 Å². The van der Waals surface area contributed by atoms with E-state index in [9.17, 15) is 5.26 Å². The lowest BCUT2D eigenvalue weighted by atomic mass is 9.90. The van der Waals surface area contributed by atoms with Crippen LogP contribution in [0.1, 0.15) is 54.5 Å². The maximum atomic E-state index is 9.36. The van der Waals surface area contributed by atoms with Gasteiger partial charge in [-0.2, -0.15) is 5.26 Å². The van der Waals surface area contributed by atoms with Crippen molar-refractivity contribution in [1.29, 1.82) is 5.26 Å². The second-order valence-electron chi connectivity index (χ2n) is 10.6. The van der Waals surface area contributed by atoms with Crippen LogP contribution in [0.4, 0.5) is 0 Å². The van der Waals surface area contributed by atoms with Crippen LogP contribution in [0.2, 0.25) is 0 Å². The summed E-state index contributed by atoms with van der Waals surface area (Å²) >= 11 is 0. The molecular formula is C29H36N4O2. The third kappa shape index (κ3) is 5.86. The van der Waals surface area contributed by atoms with Crippen LogP contribution in [0.15, 0.2) is 40.9 Å². The number of likely N-dealkylation sites (tertiary alicyclic amines) is 1. The number of piperidine rings is 1. The number of hydrogen-bond donors (Lipinski definition) is 0. The highest BCUT2D eigenvalue weighted by molar-refractivity contribution is 5.84. The Bertz CT molecular complexity index is 1180. The summed E-state index contributed by atoms with van der Waals surface area (Å²) in [4.78, 5) is 4.64. The Kier molecular flexibility index (Phi) is 7.36. The van der Waals surface area contributed by atoms with Crippen molar-refractivity contribution in [2.45, 2.75) is 51.6 Å². The summed E-state index contributed by atoms with van der Waals surface area (Å²) in [5.74, 6) is 2.36. The molecule has 2 fully saturated rings. The normalized spacial score (nSPS) is 17.2. The second-order valence-corrected chi connectivity index (χ2v) is 10.6. The zero-order valence-corrected chi connectivity index (χ0v) is 21.0. The van der Waals surface area contributed by atoms with Gasteiger partial charge in [0, 0.05) is 18.5 Å². The van der Waals surface area contributed by atoms with E-state index < -0.39 is 0 Å². The Morgan fingerprint density at radius 1 is 1.09 bits per heavy atom. The highest BCUT2D eigenvalue weighted by Crippen LogP contribution is 2.35. The fourth-order valence-electron chi connectivity index (χ4n) is 5.15. The molecule has 0 bridgehead atoms. The van der Waals surface area contributed by atoms with E-state index in [0.29, 0.717) is 5.92 Å². The monoisotopic (exact) mass is 472 g/mol. The van der Waals surface area contributed by atoms with Gasteiger partial charge < -0.3 is 14.2 Å². The summed E-state index contributed by atoms with van der Waals surface area (Å²) in [7, 11) is 4.15. The van der Waals surface area contributed by atoms with Crippen LogP contribution in [0.5, 0.6) is 5.75 Å². The highest BCUT2D eigenvalue weighted by atomic mass is 16.5. The molecule has 0 atom stereocenters. The minimum Gasteiger partial charge on any atom is -0.493 e. The van der Waals surface area contributed by atoms with Gasteiger partial charge in [-0.3, -0.25) is 4.90 Å². The Balaban J connectivity index is 1.19. The number of rotatable bonds is 10. The minimum atomic E-state index is 0.701. The van der Waals surface area contributed by atoms with Crippen molar-refractivity contribution >= 4 is 11.0 Å². The molecule has 1 aliphatic heterocycles. The zero-order chi connectivity index (χ0) is 24.2. The molecule has 6 heteroatoms. The van der Waals surface area contributed by atoms with Crippen LogP contribution in [0.3, 0.4) is 0 Å². The number of aromatic nitrogens is 1. The summed E-state index contributed by atoms with van der Waals surface area (Å²) in [6, 6.07) is 14.5. The SMILES string of the molecule is CN(C)Cc1c(OCC2CC2)ccc2c(CCC3CCN(Cc4ccccc4C#N)CC3)noc12. The molecule has 0 radical (unpaired) electrons. The summed E-state index contributed by atoms with van der Waals surface area (Å²) in [6.45, 7) is 4.61. The Hall–Kier alpha value is -2.88. The van der Waals surface area contributed by atoms with Gasteiger partial charge in [0.1, 0.15) is 5.75 Å². The summed E-state index contributed by atoms with van der Waals surface area (Å²) in [5, 5.41) is 15.0. The van der Waals surface area contributed by atoms with Gasteiger partial charge in [0.15, 0.2) is 5.58 Å². The van der Waals surface area contributed by atoms with Gasteiger partial charge >= 0.3 is 0 Å². The van der Waals surface area contributed by atoms with E-state index in [1.54, 1.807) is 0 Å². The summed E-state index contributed by atoms with van der Waals surface area (Å²) < 4.78 is 12.1. The van der Waals surface area contributed by atoms with Crippen LogP contribution >= 0.6 is 0 Å². The molecule has 1 aromatic heterocycles. The molecule has 35 heavy (non-hydrogen) atoms. The topological polar surface area (TPSA) is 65.5 Å². The average Bonchev–Trinajstić information content (AvgIpc) is 3.61. The van der Waals surface area contributed by atoms with Crippen molar-refractivity contribution in [3.05, 3.63) is 58.8 Å². The quantitative estimate of drug-likeness (QED) is 0.394. The van der Waals surface area contributed by atoms with Gasteiger partial charge in [-0.1, -0.05) is 23.4 Å². The molecule has 1 saturated carbocycles. The molecule has 1 aliphatic carbocycles. The fraction of sp³-hybridized carbons (Fsp3) is 0.517. The predicted molar refractivity (Wildman–Crippen MR) is 137 cm³/mol. The van der Waals surface area contributed by atoms with Crippen molar-refractivity contribution in [3.63, 3.8) is 0 Å². The molecule has 0 spiro atoms. The van der Waals surface area contributed by atoms with E-state index in [1.807, 2.05) is 18.2 Å². The number of nitrogens with zero attached hydrogens (tertiary/aromatic N) is 4. The van der Waals surface area contributed by atoms with Crippen LogP contribution < -0.4 is 4.74 Å². The van der Waals surface area contributed by atoms with E-state index in [-0.39, 0.29) is 0 Å². The van der Waals surface area contributed by atoms with E-state index in [4.69, 9.17) is 9.26 Å².